The third-order valence-corrected chi connectivity index (χ3v) is 6.52. The summed E-state index contributed by atoms with van der Waals surface area (Å²) in [6, 6.07) is 8.17. The number of aliphatic hydroxyl groups is 1. The smallest absolute Gasteiger partial charge is 0.272 e. The molecule has 1 aliphatic heterocycles. The molecule has 0 saturated carbocycles. The van der Waals surface area contributed by atoms with Crippen LogP contribution in [0.15, 0.2) is 41.1 Å². The first-order valence-corrected chi connectivity index (χ1v) is 12.2. The number of amides is 1. The Morgan fingerprint density at radius 2 is 2.19 bits per heavy atom. The number of methoxy groups -OCH3 is 1. The highest BCUT2D eigenvalue weighted by molar-refractivity contribution is 5.94. The van der Waals surface area contributed by atoms with Crippen molar-refractivity contribution in [1.29, 1.82) is 0 Å². The fourth-order valence-electron chi connectivity index (χ4n) is 4.62. The largest absolute Gasteiger partial charge is 0.488 e. The maximum Gasteiger partial charge on any atom is 0.272 e. The number of aliphatic hydroxyl groups excluding tert-OH is 1. The Balaban J connectivity index is 1.32. The zero-order chi connectivity index (χ0) is 25.8. The summed E-state index contributed by atoms with van der Waals surface area (Å²) in [5.74, 6) is -0.166. The number of rotatable bonds is 10. The summed E-state index contributed by atoms with van der Waals surface area (Å²) in [5.41, 5.74) is 2.55. The molecule has 11 heteroatoms. The molecule has 1 aromatic carbocycles. The van der Waals surface area contributed by atoms with Crippen LogP contribution in [-0.2, 0) is 4.74 Å². The van der Waals surface area contributed by atoms with E-state index >= 15 is 0 Å². The topological polar surface area (TPSA) is 127 Å². The van der Waals surface area contributed by atoms with Crippen LogP contribution < -0.4 is 4.74 Å². The number of carbonyl (C=O) groups is 1. The number of fused-ring (bicyclic) bond motifs is 1. The van der Waals surface area contributed by atoms with Gasteiger partial charge in [-0.3, -0.25) is 14.9 Å². The highest BCUT2D eigenvalue weighted by Gasteiger charge is 2.29. The lowest BCUT2D eigenvalue weighted by atomic mass is 10.1. The average Bonchev–Trinajstić information content (AvgIpc) is 3.67. The molecule has 0 unspecified atom stereocenters. The Morgan fingerprint density at radius 3 is 2.97 bits per heavy atom. The van der Waals surface area contributed by atoms with E-state index in [2.05, 4.69) is 20.3 Å². The van der Waals surface area contributed by atoms with E-state index in [-0.39, 0.29) is 30.9 Å². The molecule has 10 nitrogen and oxygen atoms in total. The van der Waals surface area contributed by atoms with Crippen LogP contribution in [0.5, 0.6) is 5.75 Å². The number of hydrogen-bond donors (Lipinski definition) is 2. The van der Waals surface area contributed by atoms with Crippen molar-refractivity contribution >= 4 is 16.8 Å². The molecule has 37 heavy (non-hydrogen) atoms. The number of nitrogens with one attached hydrogen (secondary N) is 1. The lowest BCUT2D eigenvalue weighted by molar-refractivity contribution is 0.0718. The van der Waals surface area contributed by atoms with E-state index in [4.69, 9.17) is 19.1 Å². The molecule has 0 aliphatic carbocycles. The van der Waals surface area contributed by atoms with E-state index in [1.807, 2.05) is 4.90 Å². The number of aromatic nitrogens is 4. The minimum atomic E-state index is -0.521. The molecule has 194 valence electrons. The Bertz CT molecular complexity index is 1370. The van der Waals surface area contributed by atoms with Crippen molar-refractivity contribution in [3.05, 3.63) is 48.0 Å². The quantitative estimate of drug-likeness (QED) is 0.309. The SMILES string of the molecule is COCCOc1cc2[nH]nc(-c3cc(-c4ccc(C(=O)N5CCC[C@H]5CCCO)nc4)no3)c2cc1F. The first-order chi connectivity index (χ1) is 18.1. The molecule has 2 N–H and O–H groups in total. The van der Waals surface area contributed by atoms with Crippen LogP contribution in [0.25, 0.3) is 33.6 Å². The van der Waals surface area contributed by atoms with Crippen molar-refractivity contribution in [2.24, 2.45) is 0 Å². The Labute approximate surface area is 212 Å². The normalized spacial score (nSPS) is 15.5. The van der Waals surface area contributed by atoms with Gasteiger partial charge < -0.3 is 24.0 Å². The van der Waals surface area contributed by atoms with Crippen LogP contribution in [-0.4, -0.2) is 75.8 Å². The van der Waals surface area contributed by atoms with Crippen LogP contribution >= 0.6 is 0 Å². The van der Waals surface area contributed by atoms with Gasteiger partial charge in [0.2, 0.25) is 0 Å². The number of carbonyl (C=O) groups excluding carboxylic acids is 1. The highest BCUT2D eigenvalue weighted by Crippen LogP contribution is 2.33. The number of nitrogens with zero attached hydrogens (tertiary/aromatic N) is 4. The summed E-state index contributed by atoms with van der Waals surface area (Å²) in [6.07, 6.45) is 4.95. The van der Waals surface area contributed by atoms with Gasteiger partial charge in [-0.05, 0) is 43.9 Å². The van der Waals surface area contributed by atoms with Crippen molar-refractivity contribution in [3.8, 4) is 28.5 Å². The predicted molar refractivity (Wildman–Crippen MR) is 133 cm³/mol. The van der Waals surface area contributed by atoms with E-state index in [1.165, 1.54) is 6.07 Å². The van der Waals surface area contributed by atoms with Gasteiger partial charge in [-0.1, -0.05) is 5.16 Å². The molecule has 0 bridgehead atoms. The number of benzene rings is 1. The van der Waals surface area contributed by atoms with Gasteiger partial charge in [-0.15, -0.1) is 0 Å². The van der Waals surface area contributed by atoms with Crippen LogP contribution in [0.4, 0.5) is 4.39 Å². The van der Waals surface area contributed by atoms with E-state index in [9.17, 15) is 9.18 Å². The van der Waals surface area contributed by atoms with Gasteiger partial charge in [-0.25, -0.2) is 4.39 Å². The monoisotopic (exact) mass is 509 g/mol. The van der Waals surface area contributed by atoms with E-state index < -0.39 is 5.82 Å². The number of aromatic amines is 1. The predicted octanol–water partition coefficient (Wildman–Crippen LogP) is 3.82. The second kappa shape index (κ2) is 11.1. The summed E-state index contributed by atoms with van der Waals surface area (Å²) in [7, 11) is 1.55. The van der Waals surface area contributed by atoms with Gasteiger partial charge in [0.15, 0.2) is 17.3 Å². The van der Waals surface area contributed by atoms with E-state index in [1.54, 1.807) is 37.6 Å². The summed E-state index contributed by atoms with van der Waals surface area (Å²) in [4.78, 5) is 19.2. The number of halogens is 1. The minimum Gasteiger partial charge on any atom is -0.488 e. The van der Waals surface area contributed by atoms with Gasteiger partial charge in [-0.2, -0.15) is 5.10 Å². The molecule has 1 atom stereocenters. The molecule has 1 fully saturated rings. The Hall–Kier alpha value is -3.83. The highest BCUT2D eigenvalue weighted by atomic mass is 19.1. The zero-order valence-corrected chi connectivity index (χ0v) is 20.4. The minimum absolute atomic E-state index is 0.104. The molecule has 4 heterocycles. The average molecular weight is 510 g/mol. The number of ether oxygens (including phenoxy) is 2. The first-order valence-electron chi connectivity index (χ1n) is 12.2. The molecule has 1 aliphatic rings. The third-order valence-electron chi connectivity index (χ3n) is 6.52. The molecular weight excluding hydrogens is 481 g/mol. The standard InChI is InChI=1S/C26H28FN5O5/c1-35-10-11-36-23-14-22-18(12-19(23)27)25(30-29-22)24-13-21(31-37-24)16-6-7-20(28-15-16)26(34)32-8-2-4-17(32)5-3-9-33/h6-7,12-15,17,33H,2-5,8-11H2,1H3,(H,29,30)/t17-/m0/s1. The number of H-pyrrole nitrogens is 1. The molecule has 5 rings (SSSR count). The van der Waals surface area contributed by atoms with Gasteiger partial charge in [0.25, 0.3) is 5.91 Å². The summed E-state index contributed by atoms with van der Waals surface area (Å²) >= 11 is 0. The molecule has 0 spiro atoms. The van der Waals surface area contributed by atoms with Gasteiger partial charge in [0.05, 0.1) is 12.1 Å². The van der Waals surface area contributed by atoms with Crippen molar-refractivity contribution in [2.75, 3.05) is 33.5 Å². The van der Waals surface area contributed by atoms with Gasteiger partial charge in [0.1, 0.15) is 23.7 Å². The summed E-state index contributed by atoms with van der Waals surface area (Å²) in [6.45, 7) is 1.40. The fourth-order valence-corrected chi connectivity index (χ4v) is 4.62. The van der Waals surface area contributed by atoms with Crippen molar-refractivity contribution in [1.82, 2.24) is 25.2 Å². The Morgan fingerprint density at radius 1 is 1.30 bits per heavy atom. The fraction of sp³-hybridized carbons (Fsp3) is 0.385. The number of pyridine rings is 1. The van der Waals surface area contributed by atoms with Gasteiger partial charge >= 0.3 is 0 Å². The lowest BCUT2D eigenvalue weighted by Crippen LogP contribution is -2.36. The second-order valence-corrected chi connectivity index (χ2v) is 8.91. The molecule has 1 amide bonds. The molecule has 3 aromatic heterocycles. The zero-order valence-electron chi connectivity index (χ0n) is 20.4. The lowest BCUT2D eigenvalue weighted by Gasteiger charge is -2.24. The van der Waals surface area contributed by atoms with Crippen LogP contribution in [0.3, 0.4) is 0 Å². The van der Waals surface area contributed by atoms with E-state index in [0.29, 0.717) is 58.9 Å². The van der Waals surface area contributed by atoms with Crippen molar-refractivity contribution in [3.63, 3.8) is 0 Å². The van der Waals surface area contributed by atoms with E-state index in [0.717, 1.165) is 19.3 Å². The molecule has 0 radical (unpaired) electrons. The maximum absolute atomic E-state index is 14.6. The summed E-state index contributed by atoms with van der Waals surface area (Å²) in [5, 5.41) is 20.9. The molecule has 1 saturated heterocycles. The number of likely N-dealkylation sites (tertiary alicyclic amines) is 1. The first kappa shape index (κ1) is 24.8. The summed E-state index contributed by atoms with van der Waals surface area (Å²) < 4.78 is 30.4. The molecule has 4 aromatic rings. The van der Waals surface area contributed by atoms with Crippen LogP contribution in [0.2, 0.25) is 0 Å². The Kier molecular flexibility index (Phi) is 7.42. The van der Waals surface area contributed by atoms with Crippen LogP contribution in [0.1, 0.15) is 36.2 Å². The third kappa shape index (κ3) is 5.18. The number of hydrogen-bond acceptors (Lipinski definition) is 8. The van der Waals surface area contributed by atoms with Crippen molar-refractivity contribution in [2.45, 2.75) is 31.7 Å². The van der Waals surface area contributed by atoms with Crippen LogP contribution in [0, 0.1) is 5.82 Å². The van der Waals surface area contributed by atoms with Gasteiger partial charge in [0, 0.05) is 55.6 Å². The maximum atomic E-state index is 14.6. The van der Waals surface area contributed by atoms with Crippen molar-refractivity contribution < 1.29 is 28.3 Å². The second-order valence-electron chi connectivity index (χ2n) is 8.91. The molecular formula is C26H28FN5O5.